The summed E-state index contributed by atoms with van der Waals surface area (Å²) in [5, 5.41) is 3.68. The average molecular weight is 323 g/mol. The van der Waals surface area contributed by atoms with Crippen LogP contribution in [0.3, 0.4) is 0 Å². The number of carbonyl (C=O) groups excluding carboxylic acids is 1. The summed E-state index contributed by atoms with van der Waals surface area (Å²) in [6.45, 7) is 2.35. The van der Waals surface area contributed by atoms with E-state index in [2.05, 4.69) is 25.2 Å². The number of benzene rings is 1. The molecule has 1 saturated heterocycles. The Morgan fingerprint density at radius 2 is 2.12 bits per heavy atom. The van der Waals surface area contributed by atoms with Crippen LogP contribution in [0.15, 0.2) is 41.4 Å². The van der Waals surface area contributed by atoms with Crippen molar-refractivity contribution in [2.24, 2.45) is 0 Å². The maximum atomic E-state index is 12.1. The molecule has 1 amide bonds. The topological polar surface area (TPSA) is 84.2 Å². The molecule has 3 aromatic rings. The Hall–Kier alpha value is -2.80. The van der Waals surface area contributed by atoms with Crippen molar-refractivity contribution in [1.29, 1.82) is 0 Å². The van der Waals surface area contributed by atoms with Crippen molar-refractivity contribution in [3.63, 3.8) is 0 Å². The molecule has 122 valence electrons. The van der Waals surface area contributed by atoms with E-state index in [1.165, 1.54) is 6.39 Å². The highest BCUT2D eigenvalue weighted by Crippen LogP contribution is 2.23. The number of nitrogens with one attached hydrogen (secondary N) is 1. The molecule has 1 aromatic carbocycles. The largest absolute Gasteiger partial charge is 0.444 e. The van der Waals surface area contributed by atoms with Crippen LogP contribution in [0.1, 0.15) is 12.8 Å². The number of hydrogen-bond donors (Lipinski definition) is 1. The van der Waals surface area contributed by atoms with E-state index in [1.807, 2.05) is 18.2 Å². The fourth-order valence-electron chi connectivity index (χ4n) is 2.90. The van der Waals surface area contributed by atoms with Crippen molar-refractivity contribution in [3.8, 4) is 11.3 Å². The van der Waals surface area contributed by atoms with Gasteiger partial charge in [0.15, 0.2) is 12.2 Å². The minimum Gasteiger partial charge on any atom is -0.444 e. The Balaban J connectivity index is 1.54. The molecule has 1 fully saturated rings. The highest BCUT2D eigenvalue weighted by molar-refractivity contribution is 5.92. The predicted molar refractivity (Wildman–Crippen MR) is 89.3 cm³/mol. The summed E-state index contributed by atoms with van der Waals surface area (Å²) < 4.78 is 5.31. The normalized spacial score (nSPS) is 15.0. The number of anilines is 1. The molecular formula is C17H17N5O2. The van der Waals surface area contributed by atoms with Crippen molar-refractivity contribution < 1.29 is 9.21 Å². The van der Waals surface area contributed by atoms with Gasteiger partial charge in [0.2, 0.25) is 11.9 Å². The molecule has 0 bridgehead atoms. The fourth-order valence-corrected chi connectivity index (χ4v) is 2.90. The van der Waals surface area contributed by atoms with Gasteiger partial charge < -0.3 is 4.42 Å². The van der Waals surface area contributed by atoms with Crippen LogP contribution >= 0.6 is 0 Å². The highest BCUT2D eigenvalue weighted by atomic mass is 16.3. The van der Waals surface area contributed by atoms with Gasteiger partial charge in [-0.25, -0.2) is 15.0 Å². The molecule has 0 unspecified atom stereocenters. The molecule has 2 aromatic heterocycles. The van der Waals surface area contributed by atoms with E-state index in [-0.39, 0.29) is 5.91 Å². The second-order valence-corrected chi connectivity index (χ2v) is 5.86. The first kappa shape index (κ1) is 14.8. The Bertz CT molecular complexity index is 857. The highest BCUT2D eigenvalue weighted by Gasteiger charge is 2.16. The summed E-state index contributed by atoms with van der Waals surface area (Å²) in [5.74, 6) is 0.916. The number of fused-ring (bicyclic) bond motifs is 1. The molecule has 0 radical (unpaired) electrons. The maximum absolute atomic E-state index is 12.1. The maximum Gasteiger partial charge on any atom is 0.240 e. The second kappa shape index (κ2) is 6.37. The Morgan fingerprint density at radius 1 is 1.25 bits per heavy atom. The van der Waals surface area contributed by atoms with Crippen LogP contribution < -0.4 is 5.32 Å². The van der Waals surface area contributed by atoms with E-state index >= 15 is 0 Å². The molecule has 1 aliphatic heterocycles. The molecule has 7 nitrogen and oxygen atoms in total. The van der Waals surface area contributed by atoms with Crippen LogP contribution in [0.25, 0.3) is 22.2 Å². The Morgan fingerprint density at radius 3 is 2.92 bits per heavy atom. The molecule has 0 atom stereocenters. The van der Waals surface area contributed by atoms with Gasteiger partial charge in [-0.1, -0.05) is 12.1 Å². The number of likely N-dealkylation sites (tertiary alicyclic amines) is 1. The molecule has 0 aliphatic carbocycles. The van der Waals surface area contributed by atoms with Crippen molar-refractivity contribution in [2.45, 2.75) is 12.8 Å². The monoisotopic (exact) mass is 323 g/mol. The molecule has 0 saturated carbocycles. The third kappa shape index (κ3) is 3.11. The molecule has 1 N–H and O–H groups in total. The quantitative estimate of drug-likeness (QED) is 0.793. The molecule has 1 aliphatic rings. The van der Waals surface area contributed by atoms with Crippen molar-refractivity contribution in [1.82, 2.24) is 19.9 Å². The van der Waals surface area contributed by atoms with Gasteiger partial charge in [0.25, 0.3) is 0 Å². The summed E-state index contributed by atoms with van der Waals surface area (Å²) in [7, 11) is 0. The number of nitrogens with zero attached hydrogens (tertiary/aromatic N) is 4. The zero-order chi connectivity index (χ0) is 16.4. The number of rotatable bonds is 4. The average Bonchev–Trinajstić information content (AvgIpc) is 3.27. The minimum atomic E-state index is -0.0809. The van der Waals surface area contributed by atoms with Crippen molar-refractivity contribution in [3.05, 3.63) is 37.0 Å². The molecule has 24 heavy (non-hydrogen) atoms. The lowest BCUT2D eigenvalue weighted by Gasteiger charge is -2.13. The minimum absolute atomic E-state index is 0.0809. The number of amides is 1. The van der Waals surface area contributed by atoms with Crippen LogP contribution in [0.2, 0.25) is 0 Å². The third-order valence-corrected chi connectivity index (χ3v) is 4.12. The third-order valence-electron chi connectivity index (χ3n) is 4.12. The first-order valence-corrected chi connectivity index (χ1v) is 7.96. The van der Waals surface area contributed by atoms with Gasteiger partial charge in [0, 0.05) is 17.1 Å². The first-order valence-electron chi connectivity index (χ1n) is 7.96. The second-order valence-electron chi connectivity index (χ2n) is 5.86. The molecular weight excluding hydrogens is 306 g/mol. The Labute approximate surface area is 138 Å². The van der Waals surface area contributed by atoms with Gasteiger partial charge >= 0.3 is 0 Å². The molecule has 7 heteroatoms. The van der Waals surface area contributed by atoms with Crippen LogP contribution in [0.4, 0.5) is 5.95 Å². The molecule has 4 rings (SSSR count). The van der Waals surface area contributed by atoms with E-state index in [9.17, 15) is 4.79 Å². The van der Waals surface area contributed by atoms with Crippen LogP contribution in [-0.4, -0.2) is 45.4 Å². The van der Waals surface area contributed by atoms with Crippen molar-refractivity contribution in [2.75, 3.05) is 25.0 Å². The summed E-state index contributed by atoms with van der Waals surface area (Å²) >= 11 is 0. The fraction of sp³-hybridized carbons (Fsp3) is 0.294. The standard InChI is InChI=1S/C17H17N5O2/c23-16(10-22-5-1-2-6-22)21-17-19-8-13-4-3-12(7-14(13)20-17)15-9-18-11-24-15/h3-4,7-9,11H,1-2,5-6,10H2,(H,19,20,21,23). The van der Waals surface area contributed by atoms with E-state index in [4.69, 9.17) is 4.42 Å². The zero-order valence-corrected chi connectivity index (χ0v) is 13.1. The van der Waals surface area contributed by atoms with Crippen LogP contribution in [0, 0.1) is 0 Å². The summed E-state index contributed by atoms with van der Waals surface area (Å²) in [6, 6.07) is 5.74. The predicted octanol–water partition coefficient (Wildman–Crippen LogP) is 2.32. The van der Waals surface area contributed by atoms with Crippen LogP contribution in [-0.2, 0) is 4.79 Å². The van der Waals surface area contributed by atoms with Crippen molar-refractivity contribution >= 4 is 22.8 Å². The number of aromatic nitrogens is 3. The van der Waals surface area contributed by atoms with Gasteiger partial charge in [-0.15, -0.1) is 0 Å². The Kier molecular flexibility index (Phi) is 3.92. The molecule has 0 spiro atoms. The van der Waals surface area contributed by atoms with Gasteiger partial charge in [0.1, 0.15) is 0 Å². The lowest BCUT2D eigenvalue weighted by Crippen LogP contribution is -2.31. The van der Waals surface area contributed by atoms with E-state index in [0.29, 0.717) is 18.3 Å². The van der Waals surface area contributed by atoms with E-state index in [0.717, 1.165) is 42.4 Å². The van der Waals surface area contributed by atoms with E-state index in [1.54, 1.807) is 12.4 Å². The summed E-state index contributed by atoms with van der Waals surface area (Å²) in [5.41, 5.74) is 1.63. The zero-order valence-electron chi connectivity index (χ0n) is 13.1. The van der Waals surface area contributed by atoms with Gasteiger partial charge in [-0.2, -0.15) is 0 Å². The molecule has 3 heterocycles. The summed E-state index contributed by atoms with van der Waals surface area (Å²) in [6.07, 6.45) is 7.07. The number of carbonyl (C=O) groups is 1. The van der Waals surface area contributed by atoms with E-state index < -0.39 is 0 Å². The number of hydrogen-bond acceptors (Lipinski definition) is 6. The lowest BCUT2D eigenvalue weighted by atomic mass is 10.1. The van der Waals surface area contributed by atoms with Gasteiger partial charge in [-0.3, -0.25) is 15.0 Å². The first-order chi connectivity index (χ1) is 11.8. The SMILES string of the molecule is O=C(CN1CCCC1)Nc1ncc2ccc(-c3cnco3)cc2n1. The van der Waals surface area contributed by atoms with Gasteiger partial charge in [0.05, 0.1) is 18.3 Å². The van der Waals surface area contributed by atoms with Gasteiger partial charge in [-0.05, 0) is 32.0 Å². The van der Waals surface area contributed by atoms with Crippen LogP contribution in [0.5, 0.6) is 0 Å². The smallest absolute Gasteiger partial charge is 0.240 e. The lowest BCUT2D eigenvalue weighted by molar-refractivity contribution is -0.117. The summed E-state index contributed by atoms with van der Waals surface area (Å²) in [4.78, 5) is 26.8. The number of oxazole rings is 1.